The van der Waals surface area contributed by atoms with Crippen LogP contribution in [0.2, 0.25) is 0 Å². The lowest BCUT2D eigenvalue weighted by Crippen LogP contribution is -2.03. The van der Waals surface area contributed by atoms with E-state index in [1.165, 1.54) is 0 Å². The molecule has 0 bridgehead atoms. The smallest absolute Gasteiger partial charge is 0.229 e. The first kappa shape index (κ1) is 17.5. The van der Waals surface area contributed by atoms with E-state index in [-0.39, 0.29) is 0 Å². The molecule has 3 aromatic rings. The van der Waals surface area contributed by atoms with Crippen molar-refractivity contribution < 1.29 is 9.47 Å². The van der Waals surface area contributed by atoms with Crippen molar-refractivity contribution in [3.63, 3.8) is 0 Å². The Balaban J connectivity index is 1.85. The molecule has 0 unspecified atom stereocenters. The molecule has 0 amide bonds. The third-order valence-electron chi connectivity index (χ3n) is 3.90. The van der Waals surface area contributed by atoms with Gasteiger partial charge in [0.05, 0.1) is 14.2 Å². The maximum atomic E-state index is 5.34. The first-order chi connectivity index (χ1) is 12.6. The molecule has 26 heavy (non-hydrogen) atoms. The van der Waals surface area contributed by atoms with Gasteiger partial charge in [-0.15, -0.1) is 0 Å². The van der Waals surface area contributed by atoms with Gasteiger partial charge in [0, 0.05) is 29.2 Å². The predicted molar refractivity (Wildman–Crippen MR) is 104 cm³/mol. The fourth-order valence-electron chi connectivity index (χ4n) is 2.58. The molecule has 134 valence electrons. The van der Waals surface area contributed by atoms with Gasteiger partial charge in [-0.2, -0.15) is 4.98 Å². The van der Waals surface area contributed by atoms with Gasteiger partial charge in [-0.1, -0.05) is 18.2 Å². The minimum atomic E-state index is 0.544. The molecule has 1 heterocycles. The van der Waals surface area contributed by atoms with Crippen LogP contribution in [0.3, 0.4) is 0 Å². The monoisotopic (exact) mass is 350 g/mol. The first-order valence-electron chi connectivity index (χ1n) is 8.26. The molecule has 0 aliphatic carbocycles. The highest BCUT2D eigenvalue weighted by molar-refractivity contribution is 5.64. The van der Waals surface area contributed by atoms with Crippen LogP contribution in [-0.4, -0.2) is 24.2 Å². The summed E-state index contributed by atoms with van der Waals surface area (Å²) in [7, 11) is 3.23. The highest BCUT2D eigenvalue weighted by Crippen LogP contribution is 2.31. The molecule has 0 aliphatic heterocycles. The molecule has 1 aromatic heterocycles. The van der Waals surface area contributed by atoms with Crippen molar-refractivity contribution in [2.75, 3.05) is 24.9 Å². The molecule has 0 saturated carbocycles. The zero-order valence-electron chi connectivity index (χ0n) is 15.3. The Morgan fingerprint density at radius 1 is 0.808 bits per heavy atom. The van der Waals surface area contributed by atoms with Gasteiger partial charge in [-0.25, -0.2) is 4.98 Å². The van der Waals surface area contributed by atoms with E-state index in [9.17, 15) is 0 Å². The molecule has 6 nitrogen and oxygen atoms in total. The van der Waals surface area contributed by atoms with Crippen LogP contribution in [0.15, 0.2) is 48.5 Å². The summed E-state index contributed by atoms with van der Waals surface area (Å²) >= 11 is 0. The minimum Gasteiger partial charge on any atom is -0.493 e. The van der Waals surface area contributed by atoms with Gasteiger partial charge in [0.25, 0.3) is 0 Å². The molecule has 0 radical (unpaired) electrons. The molecule has 0 atom stereocenters. The van der Waals surface area contributed by atoms with Crippen LogP contribution in [0.4, 0.5) is 23.1 Å². The zero-order valence-corrected chi connectivity index (χ0v) is 15.3. The number of ether oxygens (including phenoxy) is 2. The Hall–Kier alpha value is -3.28. The number of anilines is 4. The van der Waals surface area contributed by atoms with Crippen LogP contribution < -0.4 is 20.1 Å². The number of nitrogens with one attached hydrogen (secondary N) is 2. The molecular weight excluding hydrogens is 328 g/mol. The van der Waals surface area contributed by atoms with E-state index in [0.29, 0.717) is 23.3 Å². The molecule has 2 aromatic carbocycles. The third-order valence-corrected chi connectivity index (χ3v) is 3.90. The first-order valence-corrected chi connectivity index (χ1v) is 8.26. The fourth-order valence-corrected chi connectivity index (χ4v) is 2.58. The van der Waals surface area contributed by atoms with E-state index in [0.717, 1.165) is 22.6 Å². The molecule has 2 N–H and O–H groups in total. The Kier molecular flexibility index (Phi) is 5.22. The second-order valence-corrected chi connectivity index (χ2v) is 5.85. The third kappa shape index (κ3) is 4.03. The highest BCUT2D eigenvalue weighted by atomic mass is 16.5. The van der Waals surface area contributed by atoms with Crippen molar-refractivity contribution in [1.82, 2.24) is 9.97 Å². The standard InChI is InChI=1S/C20H22N4O2/c1-13-7-5-6-8-16(13)23-20-21-14(2)11-19(24-20)22-15-9-10-17(25-3)18(12-15)26-4/h5-12H,1-4H3,(H2,21,22,23,24). The molecule has 6 heteroatoms. The number of methoxy groups -OCH3 is 2. The highest BCUT2D eigenvalue weighted by Gasteiger charge is 2.08. The molecule has 3 rings (SSSR count). The maximum absolute atomic E-state index is 5.34. The average Bonchev–Trinajstić information content (AvgIpc) is 2.63. The van der Waals surface area contributed by atoms with Crippen LogP contribution in [0, 0.1) is 13.8 Å². The van der Waals surface area contributed by atoms with Gasteiger partial charge >= 0.3 is 0 Å². The van der Waals surface area contributed by atoms with Crippen molar-refractivity contribution in [3.8, 4) is 11.5 Å². The van der Waals surface area contributed by atoms with Crippen molar-refractivity contribution in [3.05, 3.63) is 59.8 Å². The van der Waals surface area contributed by atoms with E-state index in [2.05, 4.69) is 20.6 Å². The number of nitrogens with zero attached hydrogens (tertiary/aromatic N) is 2. The summed E-state index contributed by atoms with van der Waals surface area (Å²) in [6.07, 6.45) is 0. The van der Waals surface area contributed by atoms with E-state index >= 15 is 0 Å². The predicted octanol–water partition coefficient (Wildman–Crippen LogP) is 4.60. The largest absolute Gasteiger partial charge is 0.493 e. The number of aryl methyl sites for hydroxylation is 2. The normalized spacial score (nSPS) is 10.3. The van der Waals surface area contributed by atoms with Crippen molar-refractivity contribution in [2.24, 2.45) is 0 Å². The Labute approximate surface area is 153 Å². The van der Waals surface area contributed by atoms with Gasteiger partial charge in [0.15, 0.2) is 11.5 Å². The van der Waals surface area contributed by atoms with Gasteiger partial charge in [-0.3, -0.25) is 0 Å². The fraction of sp³-hybridized carbons (Fsp3) is 0.200. The SMILES string of the molecule is COc1ccc(Nc2cc(C)nc(Nc3ccccc3C)n2)cc1OC. The van der Waals surface area contributed by atoms with Gasteiger partial charge in [0.1, 0.15) is 5.82 Å². The van der Waals surface area contributed by atoms with Gasteiger partial charge in [0.2, 0.25) is 5.95 Å². The van der Waals surface area contributed by atoms with E-state index in [4.69, 9.17) is 9.47 Å². The quantitative estimate of drug-likeness (QED) is 0.677. The number of para-hydroxylation sites is 1. The molecule has 0 aliphatic rings. The number of aromatic nitrogens is 2. The average molecular weight is 350 g/mol. The summed E-state index contributed by atoms with van der Waals surface area (Å²) in [6.45, 7) is 3.98. The summed E-state index contributed by atoms with van der Waals surface area (Å²) in [5, 5.41) is 6.56. The number of benzene rings is 2. The second kappa shape index (κ2) is 7.74. The summed E-state index contributed by atoms with van der Waals surface area (Å²) in [4.78, 5) is 9.02. The lowest BCUT2D eigenvalue weighted by molar-refractivity contribution is 0.355. The summed E-state index contributed by atoms with van der Waals surface area (Å²) in [6, 6.07) is 15.5. The lowest BCUT2D eigenvalue weighted by atomic mass is 10.2. The van der Waals surface area contributed by atoms with E-state index in [1.807, 2.05) is 62.4 Å². The maximum Gasteiger partial charge on any atom is 0.229 e. The van der Waals surface area contributed by atoms with Crippen LogP contribution in [-0.2, 0) is 0 Å². The Morgan fingerprint density at radius 3 is 2.31 bits per heavy atom. The van der Waals surface area contributed by atoms with Crippen LogP contribution in [0.5, 0.6) is 11.5 Å². The molecular formula is C20H22N4O2. The minimum absolute atomic E-state index is 0.544. The van der Waals surface area contributed by atoms with Gasteiger partial charge in [-0.05, 0) is 37.6 Å². The van der Waals surface area contributed by atoms with Crippen molar-refractivity contribution >= 4 is 23.1 Å². The van der Waals surface area contributed by atoms with Crippen molar-refractivity contribution in [2.45, 2.75) is 13.8 Å². The summed E-state index contributed by atoms with van der Waals surface area (Å²) in [5.74, 6) is 2.57. The van der Waals surface area contributed by atoms with Crippen molar-refractivity contribution in [1.29, 1.82) is 0 Å². The lowest BCUT2D eigenvalue weighted by Gasteiger charge is -2.13. The van der Waals surface area contributed by atoms with Crippen LogP contribution >= 0.6 is 0 Å². The Bertz CT molecular complexity index is 912. The Morgan fingerprint density at radius 2 is 1.58 bits per heavy atom. The van der Waals surface area contributed by atoms with Crippen LogP contribution in [0.25, 0.3) is 0 Å². The summed E-state index contributed by atoms with van der Waals surface area (Å²) < 4.78 is 10.6. The van der Waals surface area contributed by atoms with E-state index < -0.39 is 0 Å². The van der Waals surface area contributed by atoms with Gasteiger partial charge < -0.3 is 20.1 Å². The van der Waals surface area contributed by atoms with E-state index in [1.54, 1.807) is 14.2 Å². The number of rotatable bonds is 6. The molecule has 0 spiro atoms. The molecule has 0 saturated heterocycles. The number of hydrogen-bond donors (Lipinski definition) is 2. The van der Waals surface area contributed by atoms with Crippen LogP contribution in [0.1, 0.15) is 11.3 Å². The second-order valence-electron chi connectivity index (χ2n) is 5.85. The number of hydrogen-bond acceptors (Lipinski definition) is 6. The zero-order chi connectivity index (χ0) is 18.5. The summed E-state index contributed by atoms with van der Waals surface area (Å²) in [5.41, 5.74) is 3.82. The topological polar surface area (TPSA) is 68.3 Å². The molecule has 0 fully saturated rings.